The Morgan fingerprint density at radius 1 is 1.00 bits per heavy atom. The molecule has 0 aliphatic rings. The zero-order chi connectivity index (χ0) is 18.0. The van der Waals surface area contributed by atoms with Crippen LogP contribution in [-0.4, -0.2) is 31.8 Å². The lowest BCUT2D eigenvalue weighted by Gasteiger charge is -2.32. The van der Waals surface area contributed by atoms with Crippen molar-refractivity contribution < 1.29 is 23.7 Å². The van der Waals surface area contributed by atoms with Gasteiger partial charge in [0.15, 0.2) is 0 Å². The minimum Gasteiger partial charge on any atom is -0.423 e. The average Bonchev–Trinajstić information content (AvgIpc) is 2.55. The summed E-state index contributed by atoms with van der Waals surface area (Å²) in [5.74, 6) is -0.938. The van der Waals surface area contributed by atoms with E-state index in [1.807, 2.05) is 32.9 Å². The summed E-state index contributed by atoms with van der Waals surface area (Å²) in [5.41, 5.74) is 1.45. The second kappa shape index (κ2) is 10.2. The van der Waals surface area contributed by atoms with E-state index in [0.717, 1.165) is 5.56 Å². The van der Waals surface area contributed by atoms with Gasteiger partial charge in [-0.3, -0.25) is 0 Å². The lowest BCUT2D eigenvalue weighted by Crippen LogP contribution is -2.40. The maximum Gasteiger partial charge on any atom is 0.338 e. The van der Waals surface area contributed by atoms with Gasteiger partial charge < -0.3 is 18.9 Å². The Balaban J connectivity index is 2.70. The highest BCUT2D eigenvalue weighted by Crippen LogP contribution is 2.24. The fourth-order valence-electron chi connectivity index (χ4n) is 2.22. The Morgan fingerprint density at radius 3 is 1.92 bits per heavy atom. The Labute approximate surface area is 144 Å². The maximum absolute atomic E-state index is 11.5. The van der Waals surface area contributed by atoms with Crippen LogP contribution in [-0.2, 0) is 25.4 Å². The molecule has 0 N–H and O–H groups in total. The minimum absolute atomic E-state index is 0.369. The fourth-order valence-corrected chi connectivity index (χ4v) is 2.22. The van der Waals surface area contributed by atoms with Gasteiger partial charge in [-0.05, 0) is 51.8 Å². The molecule has 0 saturated heterocycles. The standard InChI is InChI=1S/C19H28O5/c1-6-21-19(22-7-2,23-8-3)14-13-16-9-11-17(12-10-16)24-18(20)15(4)5/h9-12H,4,6-8,13-14H2,1-3,5H3. The zero-order valence-electron chi connectivity index (χ0n) is 15.1. The first-order chi connectivity index (χ1) is 11.5. The first-order valence-electron chi connectivity index (χ1n) is 8.34. The van der Waals surface area contributed by atoms with E-state index in [1.165, 1.54) is 0 Å². The number of esters is 1. The molecular weight excluding hydrogens is 308 g/mol. The van der Waals surface area contributed by atoms with E-state index in [1.54, 1.807) is 19.1 Å². The second-order valence-electron chi connectivity index (χ2n) is 5.30. The maximum atomic E-state index is 11.5. The molecule has 0 aromatic heterocycles. The van der Waals surface area contributed by atoms with Gasteiger partial charge in [-0.25, -0.2) is 4.79 Å². The number of hydrogen-bond acceptors (Lipinski definition) is 5. The Hall–Kier alpha value is -1.69. The molecule has 0 fully saturated rings. The van der Waals surface area contributed by atoms with Gasteiger partial charge in [-0.1, -0.05) is 18.7 Å². The monoisotopic (exact) mass is 336 g/mol. The van der Waals surface area contributed by atoms with Crippen LogP contribution in [0.2, 0.25) is 0 Å². The molecule has 1 aromatic rings. The molecular formula is C19H28O5. The van der Waals surface area contributed by atoms with Crippen molar-refractivity contribution in [2.45, 2.75) is 46.5 Å². The van der Waals surface area contributed by atoms with E-state index < -0.39 is 11.9 Å². The van der Waals surface area contributed by atoms with Gasteiger partial charge in [0.25, 0.3) is 5.97 Å². The lowest BCUT2D eigenvalue weighted by atomic mass is 10.1. The van der Waals surface area contributed by atoms with Gasteiger partial charge in [0.1, 0.15) is 5.75 Å². The summed E-state index contributed by atoms with van der Waals surface area (Å²) >= 11 is 0. The van der Waals surface area contributed by atoms with Gasteiger partial charge in [-0.15, -0.1) is 0 Å². The van der Waals surface area contributed by atoms with Gasteiger partial charge in [0.2, 0.25) is 0 Å². The van der Waals surface area contributed by atoms with Crippen molar-refractivity contribution in [2.24, 2.45) is 0 Å². The van der Waals surface area contributed by atoms with Crippen LogP contribution >= 0.6 is 0 Å². The molecule has 1 aromatic carbocycles. The number of hydrogen-bond donors (Lipinski definition) is 0. The van der Waals surface area contributed by atoms with Crippen molar-refractivity contribution >= 4 is 5.97 Å². The predicted molar refractivity (Wildman–Crippen MR) is 92.8 cm³/mol. The summed E-state index contributed by atoms with van der Waals surface area (Å²) in [5, 5.41) is 0. The number of carbonyl (C=O) groups is 1. The normalized spacial score (nSPS) is 11.3. The topological polar surface area (TPSA) is 54.0 Å². The Kier molecular flexibility index (Phi) is 8.68. The van der Waals surface area contributed by atoms with Gasteiger partial charge in [-0.2, -0.15) is 0 Å². The van der Waals surface area contributed by atoms with E-state index in [2.05, 4.69) is 6.58 Å². The van der Waals surface area contributed by atoms with E-state index in [4.69, 9.17) is 18.9 Å². The summed E-state index contributed by atoms with van der Waals surface area (Å²) in [7, 11) is 0. The number of rotatable bonds is 11. The van der Waals surface area contributed by atoms with E-state index in [0.29, 0.717) is 44.0 Å². The van der Waals surface area contributed by atoms with E-state index >= 15 is 0 Å². The van der Waals surface area contributed by atoms with Gasteiger partial charge >= 0.3 is 5.97 Å². The second-order valence-corrected chi connectivity index (χ2v) is 5.30. The smallest absolute Gasteiger partial charge is 0.338 e. The number of carbonyl (C=O) groups excluding carboxylic acids is 1. The summed E-state index contributed by atoms with van der Waals surface area (Å²) in [6.45, 7) is 12.4. The molecule has 0 heterocycles. The van der Waals surface area contributed by atoms with Crippen LogP contribution in [0.3, 0.4) is 0 Å². The average molecular weight is 336 g/mol. The zero-order valence-corrected chi connectivity index (χ0v) is 15.1. The fraction of sp³-hybridized carbons (Fsp3) is 0.526. The quantitative estimate of drug-likeness (QED) is 0.266. The predicted octanol–water partition coefficient (Wildman–Crippen LogP) is 3.86. The third-order valence-electron chi connectivity index (χ3n) is 3.29. The SMILES string of the molecule is C=C(C)C(=O)Oc1ccc(CCC(OCC)(OCC)OCC)cc1. The highest BCUT2D eigenvalue weighted by Gasteiger charge is 2.32. The van der Waals surface area contributed by atoms with Crippen LogP contribution in [0.25, 0.3) is 0 Å². The van der Waals surface area contributed by atoms with Gasteiger partial charge in [0.05, 0.1) is 0 Å². The molecule has 1 rings (SSSR count). The van der Waals surface area contributed by atoms with Crippen LogP contribution < -0.4 is 4.74 Å². The van der Waals surface area contributed by atoms with Crippen molar-refractivity contribution in [1.29, 1.82) is 0 Å². The van der Waals surface area contributed by atoms with Gasteiger partial charge in [0, 0.05) is 31.8 Å². The molecule has 0 atom stereocenters. The highest BCUT2D eigenvalue weighted by molar-refractivity contribution is 5.88. The van der Waals surface area contributed by atoms with Crippen molar-refractivity contribution in [1.82, 2.24) is 0 Å². The third-order valence-corrected chi connectivity index (χ3v) is 3.29. The number of benzene rings is 1. The van der Waals surface area contributed by atoms with Crippen molar-refractivity contribution in [3.8, 4) is 5.75 Å². The van der Waals surface area contributed by atoms with Crippen LogP contribution in [0.15, 0.2) is 36.4 Å². The molecule has 0 bridgehead atoms. The molecule has 0 spiro atoms. The third kappa shape index (κ3) is 6.43. The molecule has 0 aliphatic carbocycles. The van der Waals surface area contributed by atoms with Crippen LogP contribution in [0.1, 0.15) is 39.7 Å². The van der Waals surface area contributed by atoms with Crippen molar-refractivity contribution in [3.63, 3.8) is 0 Å². The molecule has 134 valence electrons. The van der Waals surface area contributed by atoms with Crippen LogP contribution in [0.4, 0.5) is 0 Å². The first kappa shape index (κ1) is 20.4. The number of aryl methyl sites for hydroxylation is 1. The molecule has 5 nitrogen and oxygen atoms in total. The molecule has 0 unspecified atom stereocenters. The molecule has 0 radical (unpaired) electrons. The molecule has 0 aliphatic heterocycles. The number of ether oxygens (including phenoxy) is 4. The van der Waals surface area contributed by atoms with Crippen molar-refractivity contribution in [2.75, 3.05) is 19.8 Å². The molecule has 24 heavy (non-hydrogen) atoms. The summed E-state index contributed by atoms with van der Waals surface area (Å²) in [4.78, 5) is 11.5. The van der Waals surface area contributed by atoms with Crippen LogP contribution in [0.5, 0.6) is 5.75 Å². The highest BCUT2D eigenvalue weighted by atomic mass is 16.9. The largest absolute Gasteiger partial charge is 0.423 e. The summed E-state index contributed by atoms with van der Waals surface area (Å²) in [6.07, 6.45) is 1.29. The van der Waals surface area contributed by atoms with Crippen molar-refractivity contribution in [3.05, 3.63) is 42.0 Å². The van der Waals surface area contributed by atoms with E-state index in [-0.39, 0.29) is 0 Å². The van der Waals surface area contributed by atoms with E-state index in [9.17, 15) is 4.79 Å². The van der Waals surface area contributed by atoms with Crippen LogP contribution in [0, 0.1) is 0 Å². The summed E-state index contributed by atoms with van der Waals surface area (Å²) < 4.78 is 22.3. The molecule has 0 amide bonds. The Morgan fingerprint density at radius 2 is 1.50 bits per heavy atom. The minimum atomic E-state index is -1.01. The lowest BCUT2D eigenvalue weighted by molar-refractivity contribution is -0.379. The molecule has 5 heteroatoms. The first-order valence-corrected chi connectivity index (χ1v) is 8.34. The molecule has 0 saturated carbocycles. The Bertz CT molecular complexity index is 504. The summed E-state index contributed by atoms with van der Waals surface area (Å²) in [6, 6.07) is 7.35.